The maximum atomic E-state index is 11.8. The number of likely N-dealkylation sites (N-methyl/N-ethyl adjacent to an activating group) is 2. The SMILES string of the molecule is CNC(=O)CN(C)C(=O)c1ccc(Br)cn1. The molecule has 0 aliphatic rings. The van der Waals surface area contributed by atoms with Crippen LogP contribution in [0.2, 0.25) is 0 Å². The Morgan fingerprint density at radius 3 is 2.69 bits per heavy atom. The molecule has 1 aromatic rings. The fourth-order valence-corrected chi connectivity index (χ4v) is 1.30. The van der Waals surface area contributed by atoms with Crippen LogP contribution in [0.5, 0.6) is 0 Å². The van der Waals surface area contributed by atoms with Crippen LogP contribution < -0.4 is 5.32 Å². The van der Waals surface area contributed by atoms with E-state index in [1.165, 1.54) is 11.9 Å². The molecule has 5 nitrogen and oxygen atoms in total. The van der Waals surface area contributed by atoms with E-state index in [0.29, 0.717) is 5.69 Å². The Bertz CT molecular complexity index is 392. The monoisotopic (exact) mass is 285 g/mol. The van der Waals surface area contributed by atoms with E-state index in [9.17, 15) is 9.59 Å². The zero-order valence-electron chi connectivity index (χ0n) is 9.03. The number of hydrogen-bond donors (Lipinski definition) is 1. The van der Waals surface area contributed by atoms with Crippen LogP contribution in [0.1, 0.15) is 10.5 Å². The highest BCUT2D eigenvalue weighted by molar-refractivity contribution is 9.10. The summed E-state index contributed by atoms with van der Waals surface area (Å²) in [5.41, 5.74) is 0.314. The summed E-state index contributed by atoms with van der Waals surface area (Å²) < 4.78 is 0.804. The maximum absolute atomic E-state index is 11.8. The molecule has 1 rings (SSSR count). The molecular formula is C10H12BrN3O2. The first-order chi connectivity index (χ1) is 7.54. The van der Waals surface area contributed by atoms with Gasteiger partial charge in [0.1, 0.15) is 5.69 Å². The summed E-state index contributed by atoms with van der Waals surface area (Å²) in [5, 5.41) is 2.45. The van der Waals surface area contributed by atoms with Crippen molar-refractivity contribution in [3.05, 3.63) is 28.5 Å². The number of hydrogen-bond acceptors (Lipinski definition) is 3. The lowest BCUT2D eigenvalue weighted by Crippen LogP contribution is -2.37. The van der Waals surface area contributed by atoms with Crippen molar-refractivity contribution in [2.75, 3.05) is 20.6 Å². The number of rotatable bonds is 3. The van der Waals surface area contributed by atoms with Gasteiger partial charge in [-0.05, 0) is 28.1 Å². The standard InChI is InChI=1S/C10H12BrN3O2/c1-12-9(15)6-14(2)10(16)8-4-3-7(11)5-13-8/h3-5H,6H2,1-2H3,(H,12,15). The summed E-state index contributed by atoms with van der Waals surface area (Å²) in [6.07, 6.45) is 1.54. The third-order valence-corrected chi connectivity index (χ3v) is 2.42. The number of nitrogens with zero attached hydrogens (tertiary/aromatic N) is 2. The third kappa shape index (κ3) is 3.30. The summed E-state index contributed by atoms with van der Waals surface area (Å²) in [4.78, 5) is 28.1. The van der Waals surface area contributed by atoms with Gasteiger partial charge in [-0.1, -0.05) is 0 Å². The Balaban J connectivity index is 2.70. The summed E-state index contributed by atoms with van der Waals surface area (Å²) >= 11 is 3.23. The first kappa shape index (κ1) is 12.6. The van der Waals surface area contributed by atoms with Crippen molar-refractivity contribution < 1.29 is 9.59 Å². The number of nitrogens with one attached hydrogen (secondary N) is 1. The lowest BCUT2D eigenvalue weighted by atomic mass is 10.3. The van der Waals surface area contributed by atoms with E-state index in [1.807, 2.05) is 0 Å². The second kappa shape index (κ2) is 5.60. The van der Waals surface area contributed by atoms with Crippen LogP contribution in [0.4, 0.5) is 0 Å². The predicted octanol–water partition coefficient (Wildman–Crippen LogP) is 0.662. The number of pyridine rings is 1. The van der Waals surface area contributed by atoms with Crippen molar-refractivity contribution in [2.24, 2.45) is 0 Å². The highest BCUT2D eigenvalue weighted by Crippen LogP contribution is 2.08. The molecule has 0 unspecified atom stereocenters. The fourth-order valence-electron chi connectivity index (χ4n) is 1.06. The van der Waals surface area contributed by atoms with Crippen LogP contribution in [0.25, 0.3) is 0 Å². The summed E-state index contributed by atoms with van der Waals surface area (Å²) in [7, 11) is 3.08. The fraction of sp³-hybridized carbons (Fsp3) is 0.300. The highest BCUT2D eigenvalue weighted by Gasteiger charge is 2.14. The molecule has 86 valence electrons. The summed E-state index contributed by atoms with van der Waals surface area (Å²) in [6.45, 7) is 0.0209. The van der Waals surface area contributed by atoms with Gasteiger partial charge in [-0.15, -0.1) is 0 Å². The molecular weight excluding hydrogens is 274 g/mol. The second-order valence-corrected chi connectivity index (χ2v) is 4.11. The van der Waals surface area contributed by atoms with Crippen molar-refractivity contribution >= 4 is 27.7 Å². The smallest absolute Gasteiger partial charge is 0.272 e. The van der Waals surface area contributed by atoms with Crippen LogP contribution in [-0.4, -0.2) is 42.3 Å². The van der Waals surface area contributed by atoms with Gasteiger partial charge in [0.15, 0.2) is 0 Å². The van der Waals surface area contributed by atoms with Crippen LogP contribution in [0.15, 0.2) is 22.8 Å². The molecule has 0 aromatic carbocycles. The largest absolute Gasteiger partial charge is 0.358 e. The van der Waals surface area contributed by atoms with E-state index in [4.69, 9.17) is 0 Å². The number of halogens is 1. The molecule has 16 heavy (non-hydrogen) atoms. The Labute approximate surface area is 102 Å². The van der Waals surface area contributed by atoms with Crippen molar-refractivity contribution in [3.63, 3.8) is 0 Å². The number of aromatic nitrogens is 1. The molecule has 6 heteroatoms. The number of carbonyl (C=O) groups is 2. The molecule has 0 saturated carbocycles. The van der Waals surface area contributed by atoms with Crippen molar-refractivity contribution in [3.8, 4) is 0 Å². The molecule has 1 heterocycles. The average molecular weight is 286 g/mol. The number of amides is 2. The minimum atomic E-state index is -0.281. The normalized spacial score (nSPS) is 9.69. The van der Waals surface area contributed by atoms with Gasteiger partial charge in [-0.25, -0.2) is 4.98 Å². The van der Waals surface area contributed by atoms with E-state index < -0.39 is 0 Å². The third-order valence-electron chi connectivity index (χ3n) is 1.95. The lowest BCUT2D eigenvalue weighted by molar-refractivity contribution is -0.121. The first-order valence-corrected chi connectivity index (χ1v) is 5.41. The van der Waals surface area contributed by atoms with Crippen LogP contribution >= 0.6 is 15.9 Å². The van der Waals surface area contributed by atoms with Gasteiger partial charge >= 0.3 is 0 Å². The van der Waals surface area contributed by atoms with Gasteiger partial charge in [0.2, 0.25) is 5.91 Å². The Kier molecular flexibility index (Phi) is 4.42. The molecule has 0 fully saturated rings. The second-order valence-electron chi connectivity index (χ2n) is 3.20. The van der Waals surface area contributed by atoms with Gasteiger partial charge in [0.05, 0.1) is 6.54 Å². The zero-order valence-corrected chi connectivity index (χ0v) is 10.6. The molecule has 0 bridgehead atoms. The number of carbonyl (C=O) groups excluding carboxylic acids is 2. The lowest BCUT2D eigenvalue weighted by Gasteiger charge is -2.15. The minimum Gasteiger partial charge on any atom is -0.358 e. The molecule has 0 aliphatic heterocycles. The van der Waals surface area contributed by atoms with Gasteiger partial charge in [0, 0.05) is 24.8 Å². The molecule has 0 radical (unpaired) electrons. The minimum absolute atomic E-state index is 0.0209. The summed E-state index contributed by atoms with van der Waals surface area (Å²) in [6, 6.07) is 3.33. The van der Waals surface area contributed by atoms with Gasteiger partial charge in [0.25, 0.3) is 5.91 Å². The molecule has 1 N–H and O–H groups in total. The van der Waals surface area contributed by atoms with Crippen molar-refractivity contribution in [1.82, 2.24) is 15.2 Å². The van der Waals surface area contributed by atoms with Crippen LogP contribution in [0, 0.1) is 0 Å². The van der Waals surface area contributed by atoms with E-state index in [-0.39, 0.29) is 18.4 Å². The maximum Gasteiger partial charge on any atom is 0.272 e. The molecule has 0 aliphatic carbocycles. The van der Waals surface area contributed by atoms with Gasteiger partial charge in [-0.3, -0.25) is 9.59 Å². The molecule has 0 atom stereocenters. The topological polar surface area (TPSA) is 62.3 Å². The van der Waals surface area contributed by atoms with E-state index >= 15 is 0 Å². The van der Waals surface area contributed by atoms with E-state index in [0.717, 1.165) is 4.47 Å². The molecule has 0 spiro atoms. The Morgan fingerprint density at radius 2 is 2.19 bits per heavy atom. The first-order valence-electron chi connectivity index (χ1n) is 4.62. The Morgan fingerprint density at radius 1 is 1.50 bits per heavy atom. The van der Waals surface area contributed by atoms with E-state index in [1.54, 1.807) is 25.4 Å². The van der Waals surface area contributed by atoms with Gasteiger partial charge in [-0.2, -0.15) is 0 Å². The van der Waals surface area contributed by atoms with Crippen molar-refractivity contribution in [2.45, 2.75) is 0 Å². The summed E-state index contributed by atoms with van der Waals surface area (Å²) in [5.74, 6) is -0.496. The molecule has 1 aromatic heterocycles. The Hall–Kier alpha value is -1.43. The highest BCUT2D eigenvalue weighted by atomic mass is 79.9. The average Bonchev–Trinajstić information content (AvgIpc) is 2.28. The molecule has 0 saturated heterocycles. The predicted molar refractivity (Wildman–Crippen MR) is 63.0 cm³/mol. The van der Waals surface area contributed by atoms with Crippen LogP contribution in [0.3, 0.4) is 0 Å². The van der Waals surface area contributed by atoms with Crippen molar-refractivity contribution in [1.29, 1.82) is 0 Å². The molecule has 2 amide bonds. The zero-order chi connectivity index (χ0) is 12.1. The van der Waals surface area contributed by atoms with Crippen LogP contribution in [-0.2, 0) is 4.79 Å². The quantitative estimate of drug-likeness (QED) is 0.888. The van der Waals surface area contributed by atoms with E-state index in [2.05, 4.69) is 26.2 Å². The van der Waals surface area contributed by atoms with Gasteiger partial charge < -0.3 is 10.2 Å².